The Kier molecular flexibility index (Phi) is 5.04. The lowest BCUT2D eigenvalue weighted by Crippen LogP contribution is -2.55. The van der Waals surface area contributed by atoms with E-state index in [1.54, 1.807) is 0 Å². The first kappa shape index (κ1) is 19.4. The normalized spacial score (nSPS) is 20.2. The Balaban J connectivity index is 1.71. The zero-order valence-electron chi connectivity index (χ0n) is 17.6. The van der Waals surface area contributed by atoms with Crippen LogP contribution >= 0.6 is 0 Å². The van der Waals surface area contributed by atoms with E-state index in [1.165, 1.54) is 16.7 Å². The molecule has 2 nitrogen and oxygen atoms in total. The van der Waals surface area contributed by atoms with Gasteiger partial charge in [-0.15, -0.1) is 0 Å². The zero-order chi connectivity index (χ0) is 20.5. The summed E-state index contributed by atoms with van der Waals surface area (Å²) in [7, 11) is 0. The van der Waals surface area contributed by atoms with E-state index in [1.807, 2.05) is 24.3 Å². The van der Waals surface area contributed by atoms with Crippen molar-refractivity contribution in [3.8, 4) is 0 Å². The Morgan fingerprint density at radius 1 is 0.828 bits per heavy atom. The summed E-state index contributed by atoms with van der Waals surface area (Å²) in [5.74, 6) is 0.196. The number of hydrogen-bond donors (Lipinski definition) is 0. The molecule has 0 aliphatic carbocycles. The lowest BCUT2D eigenvalue weighted by molar-refractivity contribution is -0.119. The number of fused-ring (bicyclic) bond motifs is 1. The molecular weight excluding hydrogens is 354 g/mol. The van der Waals surface area contributed by atoms with Crippen molar-refractivity contribution < 1.29 is 4.79 Å². The van der Waals surface area contributed by atoms with Crippen molar-refractivity contribution in [2.24, 2.45) is 0 Å². The van der Waals surface area contributed by atoms with Crippen molar-refractivity contribution >= 4 is 11.6 Å². The van der Waals surface area contributed by atoms with E-state index in [0.717, 1.165) is 18.5 Å². The van der Waals surface area contributed by atoms with Gasteiger partial charge < -0.3 is 4.90 Å². The predicted molar refractivity (Wildman–Crippen MR) is 120 cm³/mol. The van der Waals surface area contributed by atoms with Gasteiger partial charge in [0, 0.05) is 23.1 Å². The Hall–Kier alpha value is -2.87. The number of carbonyl (C=O) groups is 1. The second-order valence-electron chi connectivity index (χ2n) is 8.92. The minimum atomic E-state index is -0.271. The van der Waals surface area contributed by atoms with Gasteiger partial charge in [0.05, 0.1) is 0 Å². The summed E-state index contributed by atoms with van der Waals surface area (Å²) in [5, 5.41) is 0. The Labute approximate surface area is 174 Å². The van der Waals surface area contributed by atoms with Crippen LogP contribution in [-0.4, -0.2) is 11.4 Å². The third kappa shape index (κ3) is 3.60. The molecule has 2 heteroatoms. The summed E-state index contributed by atoms with van der Waals surface area (Å²) < 4.78 is 0. The molecule has 0 radical (unpaired) electrons. The SMILES string of the molecule is CC1(C)C[C@@](C)(c2ccccc2)c2ccccc2N1C(=O)CCc1ccccc1. The maximum absolute atomic E-state index is 13.4. The second-order valence-corrected chi connectivity index (χ2v) is 8.92. The second kappa shape index (κ2) is 7.51. The lowest BCUT2D eigenvalue weighted by Gasteiger charge is -2.51. The maximum Gasteiger partial charge on any atom is 0.227 e. The summed E-state index contributed by atoms with van der Waals surface area (Å²) in [6.07, 6.45) is 2.17. The van der Waals surface area contributed by atoms with Crippen LogP contribution in [0.3, 0.4) is 0 Å². The highest BCUT2D eigenvalue weighted by Crippen LogP contribution is 2.50. The van der Waals surface area contributed by atoms with E-state index in [0.29, 0.717) is 6.42 Å². The van der Waals surface area contributed by atoms with Crippen molar-refractivity contribution in [1.82, 2.24) is 0 Å². The van der Waals surface area contributed by atoms with Gasteiger partial charge in [-0.3, -0.25) is 4.79 Å². The van der Waals surface area contributed by atoms with Gasteiger partial charge in [0.2, 0.25) is 5.91 Å². The molecule has 1 heterocycles. The number of carbonyl (C=O) groups excluding carboxylic acids is 1. The molecule has 148 valence electrons. The standard InChI is InChI=1S/C27H29NO/c1-26(2)20-27(3,22-14-8-5-9-15-22)23-16-10-11-17-24(23)28(26)25(29)19-18-21-12-6-4-7-13-21/h4-17H,18-20H2,1-3H3/t27-/m0/s1. The first-order chi connectivity index (χ1) is 13.9. The predicted octanol–water partition coefficient (Wildman–Crippen LogP) is 6.14. The maximum atomic E-state index is 13.4. The highest BCUT2D eigenvalue weighted by molar-refractivity contribution is 5.96. The number of para-hydroxylation sites is 1. The summed E-state index contributed by atoms with van der Waals surface area (Å²) in [6, 6.07) is 29.4. The first-order valence-electron chi connectivity index (χ1n) is 10.4. The Bertz CT molecular complexity index is 993. The highest BCUT2D eigenvalue weighted by atomic mass is 16.2. The van der Waals surface area contributed by atoms with Crippen LogP contribution in [0.2, 0.25) is 0 Å². The fraction of sp³-hybridized carbons (Fsp3) is 0.296. The molecule has 1 amide bonds. The van der Waals surface area contributed by atoms with Crippen LogP contribution in [0.15, 0.2) is 84.9 Å². The van der Waals surface area contributed by atoms with Gasteiger partial charge >= 0.3 is 0 Å². The summed E-state index contributed by atoms with van der Waals surface area (Å²) >= 11 is 0. The van der Waals surface area contributed by atoms with Crippen LogP contribution in [0.1, 0.15) is 50.3 Å². The average molecular weight is 384 g/mol. The molecule has 0 bridgehead atoms. The van der Waals surface area contributed by atoms with Crippen molar-refractivity contribution in [2.75, 3.05) is 4.90 Å². The van der Waals surface area contributed by atoms with Crippen molar-refractivity contribution in [3.05, 3.63) is 102 Å². The number of rotatable bonds is 4. The fourth-order valence-electron chi connectivity index (χ4n) is 5.04. The van der Waals surface area contributed by atoms with Crippen molar-refractivity contribution in [2.45, 2.75) is 51.0 Å². The van der Waals surface area contributed by atoms with Gasteiger partial charge in [-0.05, 0) is 49.4 Å². The number of anilines is 1. The van der Waals surface area contributed by atoms with Crippen LogP contribution in [0.5, 0.6) is 0 Å². The lowest BCUT2D eigenvalue weighted by atomic mass is 9.65. The Morgan fingerprint density at radius 2 is 1.41 bits per heavy atom. The van der Waals surface area contributed by atoms with Crippen LogP contribution in [0.25, 0.3) is 0 Å². The number of benzene rings is 3. The third-order valence-corrected chi connectivity index (χ3v) is 6.26. The molecule has 29 heavy (non-hydrogen) atoms. The first-order valence-corrected chi connectivity index (χ1v) is 10.4. The van der Waals surface area contributed by atoms with Gasteiger partial charge in [-0.1, -0.05) is 85.8 Å². The summed E-state index contributed by atoms with van der Waals surface area (Å²) in [6.45, 7) is 6.71. The van der Waals surface area contributed by atoms with Gasteiger partial charge in [-0.25, -0.2) is 0 Å². The topological polar surface area (TPSA) is 20.3 Å². The minimum Gasteiger partial charge on any atom is -0.307 e. The number of amides is 1. The van der Waals surface area contributed by atoms with Gasteiger partial charge in [0.25, 0.3) is 0 Å². The van der Waals surface area contributed by atoms with Crippen molar-refractivity contribution in [1.29, 1.82) is 0 Å². The molecule has 0 aromatic heterocycles. The summed E-state index contributed by atoms with van der Waals surface area (Å²) in [5.41, 5.74) is 4.39. The smallest absolute Gasteiger partial charge is 0.227 e. The number of aryl methyl sites for hydroxylation is 1. The van der Waals surface area contributed by atoms with Crippen LogP contribution in [0.4, 0.5) is 5.69 Å². The molecular formula is C27H29NO. The van der Waals surface area contributed by atoms with E-state index in [9.17, 15) is 4.79 Å². The molecule has 0 unspecified atom stereocenters. The van der Waals surface area contributed by atoms with E-state index < -0.39 is 0 Å². The third-order valence-electron chi connectivity index (χ3n) is 6.26. The van der Waals surface area contributed by atoms with Gasteiger partial charge in [0.1, 0.15) is 0 Å². The van der Waals surface area contributed by atoms with Crippen LogP contribution in [-0.2, 0) is 16.6 Å². The average Bonchev–Trinajstić information content (AvgIpc) is 2.73. The summed E-state index contributed by atoms with van der Waals surface area (Å²) in [4.78, 5) is 15.5. The monoisotopic (exact) mass is 383 g/mol. The van der Waals surface area contributed by atoms with E-state index in [-0.39, 0.29) is 16.9 Å². The molecule has 3 aromatic rings. The Morgan fingerprint density at radius 3 is 2.10 bits per heavy atom. The van der Waals surface area contributed by atoms with Crippen LogP contribution in [0, 0.1) is 0 Å². The van der Waals surface area contributed by atoms with Gasteiger partial charge in [-0.2, -0.15) is 0 Å². The zero-order valence-corrected chi connectivity index (χ0v) is 17.6. The van der Waals surface area contributed by atoms with Crippen LogP contribution < -0.4 is 4.90 Å². The highest BCUT2D eigenvalue weighted by Gasteiger charge is 2.47. The molecule has 0 fully saturated rings. The molecule has 4 rings (SSSR count). The molecule has 0 N–H and O–H groups in total. The largest absolute Gasteiger partial charge is 0.307 e. The fourth-order valence-corrected chi connectivity index (χ4v) is 5.04. The molecule has 1 atom stereocenters. The molecule has 1 aliphatic heterocycles. The molecule has 0 saturated heterocycles. The quantitative estimate of drug-likeness (QED) is 0.530. The molecule has 0 saturated carbocycles. The van der Waals surface area contributed by atoms with E-state index >= 15 is 0 Å². The molecule has 0 spiro atoms. The molecule has 1 aliphatic rings. The van der Waals surface area contributed by atoms with Gasteiger partial charge in [0.15, 0.2) is 0 Å². The number of nitrogens with zero attached hydrogens (tertiary/aromatic N) is 1. The van der Waals surface area contributed by atoms with Crippen molar-refractivity contribution in [3.63, 3.8) is 0 Å². The van der Waals surface area contributed by atoms with E-state index in [4.69, 9.17) is 0 Å². The minimum absolute atomic E-state index is 0.127. The van der Waals surface area contributed by atoms with E-state index in [2.05, 4.69) is 86.3 Å². The molecule has 3 aromatic carbocycles. The number of hydrogen-bond acceptors (Lipinski definition) is 1.